The van der Waals surface area contributed by atoms with Crippen LogP contribution in [0.1, 0.15) is 30.9 Å². The Hall–Kier alpha value is -1.01. The van der Waals surface area contributed by atoms with Crippen molar-refractivity contribution in [2.45, 2.75) is 51.0 Å². The Balaban J connectivity index is 1.74. The third kappa shape index (κ3) is 2.14. The molecule has 0 bridgehead atoms. The minimum atomic E-state index is -0.828. The van der Waals surface area contributed by atoms with Crippen molar-refractivity contribution in [2.24, 2.45) is 0 Å². The van der Waals surface area contributed by atoms with E-state index in [0.29, 0.717) is 19.5 Å². The van der Waals surface area contributed by atoms with Crippen LogP contribution in [-0.2, 0) is 19.5 Å². The fraction of sp³-hybridized carbons (Fsp3) is 0.833. The average Bonchev–Trinajstić information content (AvgIpc) is 2.94. The van der Waals surface area contributed by atoms with Gasteiger partial charge in [0.1, 0.15) is 17.8 Å². The summed E-state index contributed by atoms with van der Waals surface area (Å²) in [4.78, 5) is 1.98. The highest BCUT2D eigenvalue weighted by Gasteiger charge is 2.32. The van der Waals surface area contributed by atoms with E-state index in [2.05, 4.69) is 14.8 Å². The van der Waals surface area contributed by atoms with Gasteiger partial charge in [-0.2, -0.15) is 0 Å². The van der Waals surface area contributed by atoms with Crippen molar-refractivity contribution in [1.29, 1.82) is 0 Å². The number of hydrogen-bond acceptors (Lipinski definition) is 4. The standard InChI is InChI=1S/C12H19FN4O/c13-9-5-10(8-18)16(6-9)7-12-15-14-11-3-1-2-4-17(11)12/h9-10,18H,1-8H2/t9-,10-/m0/s1. The molecular formula is C12H19FN4O. The summed E-state index contributed by atoms with van der Waals surface area (Å²) in [7, 11) is 0. The zero-order chi connectivity index (χ0) is 12.5. The summed E-state index contributed by atoms with van der Waals surface area (Å²) in [6.07, 6.45) is 2.92. The summed E-state index contributed by atoms with van der Waals surface area (Å²) in [6.45, 7) is 1.97. The van der Waals surface area contributed by atoms with Gasteiger partial charge in [0.25, 0.3) is 0 Å². The van der Waals surface area contributed by atoms with Crippen molar-refractivity contribution in [3.05, 3.63) is 11.6 Å². The van der Waals surface area contributed by atoms with Crippen LogP contribution in [0.15, 0.2) is 0 Å². The van der Waals surface area contributed by atoms with Gasteiger partial charge in [-0.25, -0.2) is 4.39 Å². The molecule has 2 atom stereocenters. The molecule has 0 aromatic carbocycles. The highest BCUT2D eigenvalue weighted by atomic mass is 19.1. The molecule has 0 amide bonds. The fourth-order valence-electron chi connectivity index (χ4n) is 2.97. The first kappa shape index (κ1) is 12.0. The molecule has 0 aliphatic carbocycles. The molecule has 0 radical (unpaired) electrons. The first-order chi connectivity index (χ1) is 8.78. The molecule has 1 aromatic heterocycles. The zero-order valence-electron chi connectivity index (χ0n) is 10.4. The Morgan fingerprint density at radius 1 is 1.33 bits per heavy atom. The van der Waals surface area contributed by atoms with Gasteiger partial charge in [0.2, 0.25) is 0 Å². The molecule has 100 valence electrons. The second kappa shape index (κ2) is 4.93. The Morgan fingerprint density at radius 3 is 3.06 bits per heavy atom. The summed E-state index contributed by atoms with van der Waals surface area (Å²) < 4.78 is 15.5. The van der Waals surface area contributed by atoms with Crippen molar-refractivity contribution in [3.63, 3.8) is 0 Å². The highest BCUT2D eigenvalue weighted by molar-refractivity contribution is 5.00. The van der Waals surface area contributed by atoms with Crippen LogP contribution in [0.5, 0.6) is 0 Å². The van der Waals surface area contributed by atoms with E-state index in [1.165, 1.54) is 6.42 Å². The van der Waals surface area contributed by atoms with Gasteiger partial charge in [-0.15, -0.1) is 10.2 Å². The van der Waals surface area contributed by atoms with Gasteiger partial charge in [-0.3, -0.25) is 4.90 Å². The van der Waals surface area contributed by atoms with Crippen LogP contribution >= 0.6 is 0 Å². The smallest absolute Gasteiger partial charge is 0.147 e. The number of nitrogens with zero attached hydrogens (tertiary/aromatic N) is 4. The summed E-state index contributed by atoms with van der Waals surface area (Å²) >= 11 is 0. The number of likely N-dealkylation sites (tertiary alicyclic amines) is 1. The van der Waals surface area contributed by atoms with E-state index >= 15 is 0 Å². The summed E-state index contributed by atoms with van der Waals surface area (Å²) in [5.41, 5.74) is 0. The molecule has 1 saturated heterocycles. The van der Waals surface area contributed by atoms with Gasteiger partial charge >= 0.3 is 0 Å². The number of fused-ring (bicyclic) bond motifs is 1. The number of aliphatic hydroxyl groups excluding tert-OH is 1. The molecule has 0 unspecified atom stereocenters. The van der Waals surface area contributed by atoms with E-state index < -0.39 is 6.17 Å². The topological polar surface area (TPSA) is 54.2 Å². The maximum absolute atomic E-state index is 13.4. The van der Waals surface area contributed by atoms with Crippen LogP contribution in [0.2, 0.25) is 0 Å². The summed E-state index contributed by atoms with van der Waals surface area (Å²) in [5, 5.41) is 17.7. The summed E-state index contributed by atoms with van der Waals surface area (Å²) in [5.74, 6) is 1.96. The Morgan fingerprint density at radius 2 is 2.22 bits per heavy atom. The van der Waals surface area contributed by atoms with E-state index in [4.69, 9.17) is 0 Å². The Bertz CT molecular complexity index is 422. The van der Waals surface area contributed by atoms with E-state index in [-0.39, 0.29) is 12.6 Å². The second-order valence-electron chi connectivity index (χ2n) is 5.24. The highest BCUT2D eigenvalue weighted by Crippen LogP contribution is 2.23. The lowest BCUT2D eigenvalue weighted by molar-refractivity contribution is 0.149. The van der Waals surface area contributed by atoms with Gasteiger partial charge in [-0.05, 0) is 19.3 Å². The van der Waals surface area contributed by atoms with Crippen LogP contribution in [0.25, 0.3) is 0 Å². The lowest BCUT2D eigenvalue weighted by Crippen LogP contribution is -2.33. The van der Waals surface area contributed by atoms with Gasteiger partial charge < -0.3 is 9.67 Å². The zero-order valence-corrected chi connectivity index (χ0v) is 10.4. The minimum absolute atomic E-state index is 0.0153. The molecule has 0 spiro atoms. The van der Waals surface area contributed by atoms with E-state index in [1.807, 2.05) is 4.90 Å². The van der Waals surface area contributed by atoms with Crippen molar-refractivity contribution in [1.82, 2.24) is 19.7 Å². The molecule has 1 N–H and O–H groups in total. The number of alkyl halides is 1. The molecule has 2 aliphatic heterocycles. The van der Waals surface area contributed by atoms with Crippen LogP contribution in [0.4, 0.5) is 4.39 Å². The fourth-order valence-corrected chi connectivity index (χ4v) is 2.97. The van der Waals surface area contributed by atoms with E-state index in [9.17, 15) is 9.50 Å². The largest absolute Gasteiger partial charge is 0.395 e. The van der Waals surface area contributed by atoms with Crippen LogP contribution in [0.3, 0.4) is 0 Å². The first-order valence-electron chi connectivity index (χ1n) is 6.68. The van der Waals surface area contributed by atoms with Crippen molar-refractivity contribution in [2.75, 3.05) is 13.2 Å². The quantitative estimate of drug-likeness (QED) is 0.854. The second-order valence-corrected chi connectivity index (χ2v) is 5.24. The van der Waals surface area contributed by atoms with E-state index in [1.54, 1.807) is 0 Å². The van der Waals surface area contributed by atoms with Gasteiger partial charge in [0.15, 0.2) is 0 Å². The van der Waals surface area contributed by atoms with Gasteiger partial charge in [-0.1, -0.05) is 0 Å². The van der Waals surface area contributed by atoms with Crippen molar-refractivity contribution >= 4 is 0 Å². The molecule has 1 fully saturated rings. The van der Waals surface area contributed by atoms with Crippen LogP contribution in [0, 0.1) is 0 Å². The number of halogens is 1. The molecule has 5 nitrogen and oxygen atoms in total. The number of rotatable bonds is 3. The number of aromatic nitrogens is 3. The molecule has 0 saturated carbocycles. The predicted molar refractivity (Wildman–Crippen MR) is 63.8 cm³/mol. The summed E-state index contributed by atoms with van der Waals surface area (Å²) in [6, 6.07) is -0.0726. The third-order valence-electron chi connectivity index (χ3n) is 3.97. The number of hydrogen-bond donors (Lipinski definition) is 1. The minimum Gasteiger partial charge on any atom is -0.395 e. The maximum atomic E-state index is 13.4. The van der Waals surface area contributed by atoms with Crippen LogP contribution < -0.4 is 0 Å². The molecule has 6 heteroatoms. The van der Waals surface area contributed by atoms with Crippen molar-refractivity contribution in [3.8, 4) is 0 Å². The normalized spacial score (nSPS) is 28.6. The Labute approximate surface area is 106 Å². The van der Waals surface area contributed by atoms with Gasteiger partial charge in [0, 0.05) is 25.6 Å². The molecule has 3 heterocycles. The van der Waals surface area contributed by atoms with Gasteiger partial charge in [0.05, 0.1) is 13.2 Å². The first-order valence-corrected chi connectivity index (χ1v) is 6.68. The van der Waals surface area contributed by atoms with Crippen molar-refractivity contribution < 1.29 is 9.50 Å². The van der Waals surface area contributed by atoms with Crippen LogP contribution in [-0.4, -0.2) is 50.1 Å². The SMILES string of the molecule is OC[C@@H]1C[C@H](F)CN1Cc1nnc2n1CCCC2. The third-order valence-corrected chi connectivity index (χ3v) is 3.97. The molecular weight excluding hydrogens is 235 g/mol. The molecule has 2 aliphatic rings. The maximum Gasteiger partial charge on any atom is 0.147 e. The van der Waals surface area contributed by atoms with E-state index in [0.717, 1.165) is 31.0 Å². The lowest BCUT2D eigenvalue weighted by atomic mass is 10.1. The molecule has 18 heavy (non-hydrogen) atoms. The number of aliphatic hydroxyl groups is 1. The number of aryl methyl sites for hydroxylation is 1. The molecule has 1 aromatic rings. The average molecular weight is 254 g/mol. The molecule has 3 rings (SSSR count). The lowest BCUT2D eigenvalue weighted by Gasteiger charge is -2.22. The Kier molecular flexibility index (Phi) is 3.30. The monoisotopic (exact) mass is 254 g/mol. The predicted octanol–water partition coefficient (Wildman–Crippen LogP) is 0.519.